The molecule has 2 aromatic rings. The molecule has 0 amide bonds. The van der Waals surface area contributed by atoms with E-state index in [1.165, 1.54) is 21.6 Å². The summed E-state index contributed by atoms with van der Waals surface area (Å²) in [5.41, 5.74) is 4.69. The van der Waals surface area contributed by atoms with E-state index in [4.69, 9.17) is 0 Å². The molecule has 122 valence electrons. The Kier molecular flexibility index (Phi) is 6.45. The second kappa shape index (κ2) is 8.56. The number of rotatable bonds is 5. The van der Waals surface area contributed by atoms with Gasteiger partial charge in [-0.25, -0.2) is 0 Å². The summed E-state index contributed by atoms with van der Waals surface area (Å²) in [7, 11) is 0. The Morgan fingerprint density at radius 1 is 1.08 bits per heavy atom. The molecule has 0 bridgehead atoms. The van der Waals surface area contributed by atoms with Crippen molar-refractivity contribution in [1.29, 1.82) is 0 Å². The zero-order chi connectivity index (χ0) is 17.5. The van der Waals surface area contributed by atoms with Crippen molar-refractivity contribution in [2.75, 3.05) is 6.26 Å². The molecule has 0 saturated carbocycles. The van der Waals surface area contributed by atoms with Gasteiger partial charge in [0.2, 0.25) is 0 Å². The SMILES string of the molecule is C=C(C)/C(=C/c1cccc(C(=CC)/C=c2/ccccc2=C)c1)SC. The molecule has 0 aliphatic carbocycles. The fourth-order valence-electron chi connectivity index (χ4n) is 2.49. The van der Waals surface area contributed by atoms with Crippen molar-refractivity contribution in [3.63, 3.8) is 0 Å². The van der Waals surface area contributed by atoms with Gasteiger partial charge in [-0.3, -0.25) is 0 Å². The first-order valence-corrected chi connectivity index (χ1v) is 9.21. The normalized spacial score (nSPS) is 13.2. The summed E-state index contributed by atoms with van der Waals surface area (Å²) >= 11 is 1.73. The van der Waals surface area contributed by atoms with E-state index >= 15 is 0 Å². The van der Waals surface area contributed by atoms with E-state index in [9.17, 15) is 0 Å². The predicted molar refractivity (Wildman–Crippen MR) is 112 cm³/mol. The van der Waals surface area contributed by atoms with Crippen molar-refractivity contribution in [2.45, 2.75) is 13.8 Å². The van der Waals surface area contributed by atoms with Crippen LogP contribution in [0.4, 0.5) is 0 Å². The summed E-state index contributed by atoms with van der Waals surface area (Å²) < 4.78 is 0. The fraction of sp³-hybridized carbons (Fsp3) is 0.130. The van der Waals surface area contributed by atoms with Crippen molar-refractivity contribution < 1.29 is 0 Å². The topological polar surface area (TPSA) is 0 Å². The molecular weight excluding hydrogens is 308 g/mol. The first kappa shape index (κ1) is 18.1. The zero-order valence-corrected chi connectivity index (χ0v) is 15.5. The Labute approximate surface area is 149 Å². The summed E-state index contributed by atoms with van der Waals surface area (Å²) in [6.45, 7) is 12.3. The van der Waals surface area contributed by atoms with E-state index in [-0.39, 0.29) is 0 Å². The van der Waals surface area contributed by atoms with Gasteiger partial charge < -0.3 is 0 Å². The lowest BCUT2D eigenvalue weighted by Crippen LogP contribution is -2.21. The van der Waals surface area contributed by atoms with Gasteiger partial charge in [-0.1, -0.05) is 61.7 Å². The molecular formula is C23H24S. The molecule has 2 rings (SSSR count). The van der Waals surface area contributed by atoms with E-state index in [2.05, 4.69) is 74.9 Å². The van der Waals surface area contributed by atoms with Crippen LogP contribution in [0.5, 0.6) is 0 Å². The minimum atomic E-state index is 1.04. The number of hydrogen-bond acceptors (Lipinski definition) is 1. The van der Waals surface area contributed by atoms with Crippen LogP contribution in [0, 0.1) is 0 Å². The molecule has 0 aliphatic heterocycles. The Bertz CT molecular complexity index is 898. The number of hydrogen-bond donors (Lipinski definition) is 0. The summed E-state index contributed by atoms with van der Waals surface area (Å²) in [5.74, 6) is 0. The van der Waals surface area contributed by atoms with E-state index in [1.807, 2.05) is 25.1 Å². The Morgan fingerprint density at radius 2 is 1.83 bits per heavy atom. The van der Waals surface area contributed by atoms with Gasteiger partial charge >= 0.3 is 0 Å². The maximum Gasteiger partial charge on any atom is 0.00984 e. The van der Waals surface area contributed by atoms with Crippen LogP contribution in [0.1, 0.15) is 25.0 Å². The van der Waals surface area contributed by atoms with Crippen LogP contribution < -0.4 is 10.4 Å². The van der Waals surface area contributed by atoms with E-state index in [0.717, 1.165) is 16.0 Å². The first-order valence-electron chi connectivity index (χ1n) is 7.99. The van der Waals surface area contributed by atoms with Gasteiger partial charge in [0.15, 0.2) is 0 Å². The molecule has 0 aromatic heterocycles. The number of allylic oxidation sites excluding steroid dienone is 3. The molecule has 0 spiro atoms. The quantitative estimate of drug-likeness (QED) is 0.673. The highest BCUT2D eigenvalue weighted by atomic mass is 32.2. The van der Waals surface area contributed by atoms with E-state index in [0.29, 0.717) is 0 Å². The fourth-order valence-corrected chi connectivity index (χ4v) is 3.09. The molecule has 0 fully saturated rings. The minimum Gasteiger partial charge on any atom is -0.129 e. The predicted octanol–water partition coefficient (Wildman–Crippen LogP) is 5.26. The third-order valence-corrected chi connectivity index (χ3v) is 4.74. The lowest BCUT2D eigenvalue weighted by atomic mass is 10.0. The second-order valence-corrected chi connectivity index (χ2v) is 6.55. The highest BCUT2D eigenvalue weighted by Gasteiger charge is 2.01. The highest BCUT2D eigenvalue weighted by Crippen LogP contribution is 2.24. The summed E-state index contributed by atoms with van der Waals surface area (Å²) in [5, 5.41) is 2.19. The maximum absolute atomic E-state index is 4.11. The standard InChI is InChI=1S/C23H24S/c1-6-20(16-21-12-8-7-10-18(21)4)22-13-9-11-19(14-22)15-23(24-5)17(2)3/h6-16H,2,4H2,1,3,5H3/b20-6?,21-16-,23-15-. The van der Waals surface area contributed by atoms with Crippen molar-refractivity contribution in [3.05, 3.63) is 93.2 Å². The van der Waals surface area contributed by atoms with Gasteiger partial charge in [-0.2, -0.15) is 0 Å². The molecule has 0 heterocycles. The molecule has 2 aromatic carbocycles. The second-order valence-electron chi connectivity index (χ2n) is 5.71. The first-order chi connectivity index (χ1) is 11.5. The average Bonchev–Trinajstić information content (AvgIpc) is 2.59. The molecule has 0 atom stereocenters. The van der Waals surface area contributed by atoms with E-state index < -0.39 is 0 Å². The molecule has 1 heteroatoms. The van der Waals surface area contributed by atoms with Crippen molar-refractivity contribution in [2.24, 2.45) is 0 Å². The van der Waals surface area contributed by atoms with Gasteiger partial charge in [0, 0.05) is 4.91 Å². The number of thioether (sulfide) groups is 1. The van der Waals surface area contributed by atoms with Gasteiger partial charge in [0.05, 0.1) is 0 Å². The molecule has 0 nitrogen and oxygen atoms in total. The average molecular weight is 333 g/mol. The summed E-state index contributed by atoms with van der Waals surface area (Å²) in [4.78, 5) is 1.21. The Morgan fingerprint density at radius 3 is 2.46 bits per heavy atom. The number of benzene rings is 2. The third-order valence-electron chi connectivity index (χ3n) is 3.84. The minimum absolute atomic E-state index is 1.04. The van der Waals surface area contributed by atoms with Gasteiger partial charge in [0.1, 0.15) is 0 Å². The van der Waals surface area contributed by atoms with Crippen LogP contribution in [0.25, 0.3) is 24.3 Å². The molecule has 0 radical (unpaired) electrons. The van der Waals surface area contributed by atoms with Crippen LogP contribution >= 0.6 is 11.8 Å². The van der Waals surface area contributed by atoms with Crippen LogP contribution in [0.3, 0.4) is 0 Å². The lowest BCUT2D eigenvalue weighted by molar-refractivity contribution is 1.52. The Balaban J connectivity index is 2.47. The van der Waals surface area contributed by atoms with Crippen LogP contribution in [-0.4, -0.2) is 6.26 Å². The molecule has 24 heavy (non-hydrogen) atoms. The zero-order valence-electron chi connectivity index (χ0n) is 14.7. The summed E-state index contributed by atoms with van der Waals surface area (Å²) in [6.07, 6.45) is 8.61. The highest BCUT2D eigenvalue weighted by molar-refractivity contribution is 8.02. The monoisotopic (exact) mass is 332 g/mol. The van der Waals surface area contributed by atoms with Crippen molar-refractivity contribution in [3.8, 4) is 0 Å². The van der Waals surface area contributed by atoms with Gasteiger partial charge in [-0.05, 0) is 71.0 Å². The van der Waals surface area contributed by atoms with Gasteiger partial charge in [0.25, 0.3) is 0 Å². The van der Waals surface area contributed by atoms with Crippen LogP contribution in [-0.2, 0) is 0 Å². The van der Waals surface area contributed by atoms with Crippen molar-refractivity contribution >= 4 is 36.1 Å². The third kappa shape index (κ3) is 4.62. The molecule has 0 unspecified atom stereocenters. The molecule has 0 N–H and O–H groups in total. The largest absolute Gasteiger partial charge is 0.129 e. The molecule has 0 saturated heterocycles. The summed E-state index contributed by atoms with van der Waals surface area (Å²) in [6, 6.07) is 16.8. The maximum atomic E-state index is 4.11. The smallest absolute Gasteiger partial charge is 0.00984 e. The van der Waals surface area contributed by atoms with E-state index in [1.54, 1.807) is 11.8 Å². The van der Waals surface area contributed by atoms with Crippen LogP contribution in [0.15, 0.2) is 71.7 Å². The van der Waals surface area contributed by atoms with Crippen molar-refractivity contribution in [1.82, 2.24) is 0 Å². The Hall–Kier alpha value is -2.25. The van der Waals surface area contributed by atoms with Crippen LogP contribution in [0.2, 0.25) is 0 Å². The lowest BCUT2D eigenvalue weighted by Gasteiger charge is -2.06. The van der Waals surface area contributed by atoms with Gasteiger partial charge in [-0.15, -0.1) is 11.8 Å². The molecule has 0 aliphatic rings.